The van der Waals surface area contributed by atoms with E-state index in [-0.39, 0.29) is 0 Å². The molecule has 0 N–H and O–H groups in total. The maximum Gasteiger partial charge on any atom is 0.0233 e. The van der Waals surface area contributed by atoms with Gasteiger partial charge in [-0.2, -0.15) is 0 Å². The highest BCUT2D eigenvalue weighted by molar-refractivity contribution is 6.06. The van der Waals surface area contributed by atoms with Crippen molar-refractivity contribution in [2.75, 3.05) is 41.3 Å². The van der Waals surface area contributed by atoms with E-state index in [1.54, 1.807) is 33.4 Å². The van der Waals surface area contributed by atoms with Gasteiger partial charge in [-0.05, 0) is 99.1 Å². The van der Waals surface area contributed by atoms with Crippen molar-refractivity contribution in [3.63, 3.8) is 0 Å². The summed E-state index contributed by atoms with van der Waals surface area (Å²) in [4.78, 5) is 4.60. The number of nitrogens with zero attached hydrogens (tertiary/aromatic N) is 2. The largest absolute Gasteiger partial charge is 0.305 e. The van der Waals surface area contributed by atoms with Crippen LogP contribution in [0.25, 0.3) is 21.9 Å². The molecule has 0 heterocycles. The molecule has 0 bridgehead atoms. The van der Waals surface area contributed by atoms with Crippen LogP contribution in [0.3, 0.4) is 0 Å². The predicted octanol–water partition coefficient (Wildman–Crippen LogP) is 4.62. The first kappa shape index (κ1) is 17.5. The lowest BCUT2D eigenvalue weighted by molar-refractivity contribution is 0.462. The maximum atomic E-state index is 2.34. The minimum Gasteiger partial charge on any atom is -0.305 e. The Balaban J connectivity index is 2.00. The average Bonchev–Trinajstić information content (AvgIpc) is 3.06. The molecule has 2 aromatic carbocycles. The van der Waals surface area contributed by atoms with Crippen LogP contribution in [-0.2, 0) is 12.8 Å². The molecule has 0 radical (unpaired) electrons. The molecule has 0 amide bonds. The Bertz CT molecular complexity index is 879. The number of rotatable bonds is 4. The highest BCUT2D eigenvalue weighted by Gasteiger charge is 2.31. The van der Waals surface area contributed by atoms with E-state index in [0.717, 1.165) is 25.9 Å². The van der Waals surface area contributed by atoms with Crippen LogP contribution in [0.1, 0.15) is 36.1 Å². The van der Waals surface area contributed by atoms with E-state index in [9.17, 15) is 0 Å². The van der Waals surface area contributed by atoms with Crippen LogP contribution in [0.4, 0.5) is 0 Å². The van der Waals surface area contributed by atoms with Gasteiger partial charge in [-0.15, -0.1) is 0 Å². The molecule has 0 saturated heterocycles. The Morgan fingerprint density at radius 2 is 1.08 bits per heavy atom. The average molecular weight is 347 g/mol. The van der Waals surface area contributed by atoms with Gasteiger partial charge in [-0.1, -0.05) is 35.4 Å². The number of hydrogen-bond donors (Lipinski definition) is 0. The summed E-state index contributed by atoms with van der Waals surface area (Å²) < 4.78 is 0. The Morgan fingerprint density at radius 3 is 1.42 bits per heavy atom. The Hall–Kier alpha value is -1.90. The van der Waals surface area contributed by atoms with Crippen molar-refractivity contribution in [1.29, 1.82) is 0 Å². The van der Waals surface area contributed by atoms with Gasteiger partial charge in [0.1, 0.15) is 0 Å². The van der Waals surface area contributed by atoms with Crippen LogP contribution in [-0.4, -0.2) is 51.1 Å². The molecule has 2 aliphatic carbocycles. The zero-order valence-electron chi connectivity index (χ0n) is 17.0. The van der Waals surface area contributed by atoms with Crippen molar-refractivity contribution in [1.82, 2.24) is 9.80 Å². The minimum atomic E-state index is 1.03. The first-order chi connectivity index (χ1) is 12.4. The molecule has 2 aliphatic rings. The van der Waals surface area contributed by atoms with Gasteiger partial charge in [-0.3, -0.25) is 0 Å². The molecule has 0 unspecified atom stereocenters. The molecule has 0 aromatic heterocycles. The second kappa shape index (κ2) is 6.37. The fourth-order valence-electron chi connectivity index (χ4n) is 4.86. The first-order valence-electron chi connectivity index (χ1n) is 9.62. The van der Waals surface area contributed by atoms with Gasteiger partial charge in [0, 0.05) is 13.1 Å². The molecule has 2 nitrogen and oxygen atoms in total. The van der Waals surface area contributed by atoms with Crippen LogP contribution < -0.4 is 0 Å². The van der Waals surface area contributed by atoms with Gasteiger partial charge in [0.15, 0.2) is 0 Å². The van der Waals surface area contributed by atoms with Gasteiger partial charge >= 0.3 is 0 Å². The van der Waals surface area contributed by atoms with Crippen LogP contribution in [0.5, 0.6) is 0 Å². The topological polar surface area (TPSA) is 6.48 Å². The number of allylic oxidation sites excluding steroid dienone is 2. The summed E-state index contributed by atoms with van der Waals surface area (Å²) in [5.74, 6) is 0. The van der Waals surface area contributed by atoms with E-state index in [0.29, 0.717) is 0 Å². The summed E-state index contributed by atoms with van der Waals surface area (Å²) >= 11 is 0. The zero-order chi connectivity index (χ0) is 18.6. The van der Waals surface area contributed by atoms with Crippen molar-refractivity contribution in [2.45, 2.75) is 26.7 Å². The number of fused-ring (bicyclic) bond motifs is 6. The summed E-state index contributed by atoms with van der Waals surface area (Å²) in [7, 11) is 8.70. The van der Waals surface area contributed by atoms with E-state index in [1.807, 2.05) is 0 Å². The normalized spacial score (nSPS) is 16.5. The van der Waals surface area contributed by atoms with Crippen molar-refractivity contribution in [3.8, 4) is 0 Å². The standard InChI is InChI=1S/C24H30N2/c1-15-11-19-20-12-16(2)22(14-26(5)6)24(20)18-10-8-7-9-17(18)23(19)21(15)13-25(3)4/h7-10H,11-14H2,1-6H3. The highest BCUT2D eigenvalue weighted by atomic mass is 15.1. The summed E-state index contributed by atoms with van der Waals surface area (Å²) in [6, 6.07) is 9.08. The van der Waals surface area contributed by atoms with Gasteiger partial charge in [0.25, 0.3) is 0 Å². The van der Waals surface area contributed by atoms with Gasteiger partial charge < -0.3 is 9.80 Å². The molecule has 2 heteroatoms. The zero-order valence-corrected chi connectivity index (χ0v) is 17.0. The van der Waals surface area contributed by atoms with Gasteiger partial charge in [-0.25, -0.2) is 0 Å². The van der Waals surface area contributed by atoms with Crippen molar-refractivity contribution < 1.29 is 0 Å². The Labute approximate surface area is 157 Å². The number of hydrogen-bond acceptors (Lipinski definition) is 2. The SMILES string of the molecule is CC1=C(CN(C)C)c2c(c3c(c4ccccc24)C(CN(C)C)=C(C)C3)C1. The minimum absolute atomic E-state index is 1.03. The molecule has 26 heavy (non-hydrogen) atoms. The molecule has 0 aliphatic heterocycles. The van der Waals surface area contributed by atoms with E-state index in [2.05, 4.69) is 76.1 Å². The third-order valence-electron chi connectivity index (χ3n) is 5.90. The van der Waals surface area contributed by atoms with Crippen LogP contribution >= 0.6 is 0 Å². The van der Waals surface area contributed by atoms with Gasteiger partial charge in [0.05, 0.1) is 0 Å². The summed E-state index contributed by atoms with van der Waals surface area (Å²) in [6.45, 7) is 6.71. The van der Waals surface area contributed by atoms with Crippen molar-refractivity contribution >= 4 is 21.9 Å². The van der Waals surface area contributed by atoms with Crippen LogP contribution in [0.15, 0.2) is 35.4 Å². The van der Waals surface area contributed by atoms with Gasteiger partial charge in [0.2, 0.25) is 0 Å². The third-order valence-corrected chi connectivity index (χ3v) is 5.90. The summed E-state index contributed by atoms with van der Waals surface area (Å²) in [6.07, 6.45) is 2.24. The van der Waals surface area contributed by atoms with Crippen LogP contribution in [0.2, 0.25) is 0 Å². The monoisotopic (exact) mass is 346 g/mol. The lowest BCUT2D eigenvalue weighted by atomic mass is 9.87. The molecular formula is C24H30N2. The fraction of sp³-hybridized carbons (Fsp3) is 0.417. The molecule has 136 valence electrons. The quantitative estimate of drug-likeness (QED) is 0.797. The third kappa shape index (κ3) is 2.64. The highest BCUT2D eigenvalue weighted by Crippen LogP contribution is 2.47. The first-order valence-corrected chi connectivity index (χ1v) is 9.62. The fourth-order valence-corrected chi connectivity index (χ4v) is 4.86. The van der Waals surface area contributed by atoms with E-state index < -0.39 is 0 Å². The molecule has 0 atom stereocenters. The smallest absolute Gasteiger partial charge is 0.0233 e. The molecule has 2 aromatic rings. The molecule has 0 spiro atoms. The van der Waals surface area contributed by atoms with Crippen molar-refractivity contribution in [2.24, 2.45) is 0 Å². The molecule has 0 saturated carbocycles. The summed E-state index contributed by atoms with van der Waals surface area (Å²) in [5, 5.41) is 2.89. The summed E-state index contributed by atoms with van der Waals surface area (Å²) in [5.41, 5.74) is 12.4. The van der Waals surface area contributed by atoms with E-state index in [4.69, 9.17) is 0 Å². The Kier molecular flexibility index (Phi) is 4.29. The number of likely N-dealkylation sites (N-methyl/N-ethyl adjacent to an activating group) is 2. The lowest BCUT2D eigenvalue weighted by Gasteiger charge is -2.20. The van der Waals surface area contributed by atoms with E-state index in [1.165, 1.54) is 21.9 Å². The maximum absolute atomic E-state index is 2.34. The second-order valence-corrected chi connectivity index (χ2v) is 8.60. The second-order valence-electron chi connectivity index (χ2n) is 8.60. The van der Waals surface area contributed by atoms with Crippen LogP contribution in [0, 0.1) is 0 Å². The molecular weight excluding hydrogens is 316 g/mol. The van der Waals surface area contributed by atoms with E-state index >= 15 is 0 Å². The number of benzene rings is 2. The van der Waals surface area contributed by atoms with Crippen molar-refractivity contribution in [3.05, 3.63) is 57.7 Å². The molecule has 4 rings (SSSR count). The predicted molar refractivity (Wildman–Crippen MR) is 114 cm³/mol. The molecule has 0 fully saturated rings. The Morgan fingerprint density at radius 1 is 0.692 bits per heavy atom. The lowest BCUT2D eigenvalue weighted by Crippen LogP contribution is -2.15.